The Morgan fingerprint density at radius 3 is 2.61 bits per heavy atom. The Kier molecular flexibility index (Phi) is 5.36. The molecule has 1 fully saturated rings. The molecule has 2 aliphatic rings. The highest BCUT2D eigenvalue weighted by atomic mass is 16.6. The van der Waals surface area contributed by atoms with Crippen LogP contribution in [0.1, 0.15) is 20.8 Å². The molecule has 23 heavy (non-hydrogen) atoms. The van der Waals surface area contributed by atoms with Crippen LogP contribution in [-0.4, -0.2) is 41.9 Å². The second-order valence-electron chi connectivity index (χ2n) is 6.56. The van der Waals surface area contributed by atoms with E-state index < -0.39 is 10.3 Å². The zero-order valence-electron chi connectivity index (χ0n) is 14.0. The molecule has 1 aliphatic heterocycles. The van der Waals surface area contributed by atoms with Crippen molar-refractivity contribution in [2.45, 2.75) is 20.8 Å². The molecule has 1 aliphatic carbocycles. The zero-order chi connectivity index (χ0) is 17.0. The second-order valence-corrected chi connectivity index (χ2v) is 6.56. The van der Waals surface area contributed by atoms with Gasteiger partial charge in [0.15, 0.2) is 0 Å². The van der Waals surface area contributed by atoms with Gasteiger partial charge < -0.3 is 10.2 Å². The van der Waals surface area contributed by atoms with Gasteiger partial charge >= 0.3 is 0 Å². The van der Waals surface area contributed by atoms with E-state index >= 15 is 0 Å². The van der Waals surface area contributed by atoms with Crippen molar-refractivity contribution in [2.24, 2.45) is 17.3 Å². The van der Waals surface area contributed by atoms with Gasteiger partial charge in [0.2, 0.25) is 5.91 Å². The Morgan fingerprint density at radius 2 is 2.00 bits per heavy atom. The SMILES string of the molecule is CC(C(=O)N1CCNCC1)C(C)C1(C)C=CC=C([N+](=O)[O-])C=C1. The maximum atomic E-state index is 12.7. The third-order valence-electron chi connectivity index (χ3n) is 5.10. The summed E-state index contributed by atoms with van der Waals surface area (Å²) in [6.45, 7) is 9.16. The molecule has 0 spiro atoms. The minimum atomic E-state index is -0.396. The Morgan fingerprint density at radius 1 is 1.35 bits per heavy atom. The summed E-state index contributed by atoms with van der Waals surface area (Å²) >= 11 is 0. The first-order valence-corrected chi connectivity index (χ1v) is 8.08. The van der Waals surface area contributed by atoms with Gasteiger partial charge in [-0.2, -0.15) is 0 Å². The van der Waals surface area contributed by atoms with Crippen LogP contribution in [-0.2, 0) is 4.79 Å². The van der Waals surface area contributed by atoms with Crippen LogP contribution in [0.5, 0.6) is 0 Å². The number of carbonyl (C=O) groups excluding carboxylic acids is 1. The van der Waals surface area contributed by atoms with Crippen LogP contribution in [0.3, 0.4) is 0 Å². The molecule has 0 bridgehead atoms. The van der Waals surface area contributed by atoms with Gasteiger partial charge in [-0.1, -0.05) is 39.0 Å². The highest BCUT2D eigenvalue weighted by Gasteiger charge is 2.36. The van der Waals surface area contributed by atoms with E-state index in [-0.39, 0.29) is 23.4 Å². The number of rotatable bonds is 4. The molecule has 6 heteroatoms. The third kappa shape index (κ3) is 3.88. The number of hydrogen-bond acceptors (Lipinski definition) is 4. The number of allylic oxidation sites excluding steroid dienone is 5. The van der Waals surface area contributed by atoms with Crippen molar-refractivity contribution < 1.29 is 9.72 Å². The minimum absolute atomic E-state index is 0.0388. The van der Waals surface area contributed by atoms with E-state index in [9.17, 15) is 14.9 Å². The van der Waals surface area contributed by atoms with Crippen LogP contribution < -0.4 is 5.32 Å². The molecule has 126 valence electrons. The van der Waals surface area contributed by atoms with E-state index in [2.05, 4.69) is 5.32 Å². The number of carbonyl (C=O) groups is 1. The summed E-state index contributed by atoms with van der Waals surface area (Å²) in [5.74, 6) is 0.0511. The fourth-order valence-electron chi connectivity index (χ4n) is 3.08. The monoisotopic (exact) mass is 319 g/mol. The molecule has 0 aromatic heterocycles. The van der Waals surface area contributed by atoms with Crippen molar-refractivity contribution in [3.63, 3.8) is 0 Å². The molecule has 1 saturated heterocycles. The predicted molar refractivity (Wildman–Crippen MR) is 89.2 cm³/mol. The Labute approximate surface area is 137 Å². The normalized spacial score (nSPS) is 27.1. The van der Waals surface area contributed by atoms with E-state index in [0.717, 1.165) is 26.2 Å². The highest BCUT2D eigenvalue weighted by Crippen LogP contribution is 2.38. The van der Waals surface area contributed by atoms with Gasteiger partial charge in [-0.15, -0.1) is 0 Å². The number of nitrogens with zero attached hydrogens (tertiary/aromatic N) is 2. The van der Waals surface area contributed by atoms with Crippen LogP contribution in [0.15, 0.2) is 36.1 Å². The maximum Gasteiger partial charge on any atom is 0.269 e. The van der Waals surface area contributed by atoms with E-state index in [0.29, 0.717) is 0 Å². The molecule has 6 nitrogen and oxygen atoms in total. The van der Waals surface area contributed by atoms with E-state index in [1.54, 1.807) is 12.2 Å². The van der Waals surface area contributed by atoms with E-state index in [1.165, 1.54) is 6.08 Å². The lowest BCUT2D eigenvalue weighted by Crippen LogP contribution is -2.49. The van der Waals surface area contributed by atoms with Gasteiger partial charge in [-0.25, -0.2) is 0 Å². The standard InChI is InChI=1S/C17H25N3O3/c1-13(16(21)19-11-9-18-10-12-19)14(2)17(3)7-4-5-15(6-8-17)20(22)23/h4-8,13-14,18H,9-12H2,1-3H3. The molecule has 3 atom stereocenters. The van der Waals surface area contributed by atoms with Gasteiger partial charge in [0, 0.05) is 49.7 Å². The third-order valence-corrected chi connectivity index (χ3v) is 5.10. The van der Waals surface area contributed by atoms with Gasteiger partial charge in [-0.05, 0) is 5.92 Å². The first kappa shape index (κ1) is 17.4. The van der Waals surface area contributed by atoms with Crippen molar-refractivity contribution in [1.29, 1.82) is 0 Å². The van der Waals surface area contributed by atoms with Crippen molar-refractivity contribution in [2.75, 3.05) is 26.2 Å². The second kappa shape index (κ2) is 7.08. The molecule has 1 N–H and O–H groups in total. The van der Waals surface area contributed by atoms with Crippen LogP contribution in [0.2, 0.25) is 0 Å². The Balaban J connectivity index is 2.12. The average Bonchev–Trinajstić information content (AvgIpc) is 2.76. The van der Waals surface area contributed by atoms with E-state index in [1.807, 2.05) is 37.8 Å². The fraction of sp³-hybridized carbons (Fsp3) is 0.588. The highest BCUT2D eigenvalue weighted by molar-refractivity contribution is 5.79. The first-order valence-electron chi connectivity index (χ1n) is 8.08. The summed E-state index contributed by atoms with van der Waals surface area (Å²) in [6, 6.07) is 0. The van der Waals surface area contributed by atoms with Crippen LogP contribution >= 0.6 is 0 Å². The molecule has 0 radical (unpaired) electrons. The number of nitro groups is 1. The summed E-state index contributed by atoms with van der Waals surface area (Å²) in [7, 11) is 0. The first-order chi connectivity index (χ1) is 10.8. The van der Waals surface area contributed by atoms with Crippen LogP contribution in [0.4, 0.5) is 0 Å². The van der Waals surface area contributed by atoms with Gasteiger partial charge in [-0.3, -0.25) is 14.9 Å². The smallest absolute Gasteiger partial charge is 0.269 e. The number of piperazine rings is 1. The maximum absolute atomic E-state index is 12.7. The topological polar surface area (TPSA) is 75.5 Å². The van der Waals surface area contributed by atoms with Crippen molar-refractivity contribution in [1.82, 2.24) is 10.2 Å². The number of nitrogens with one attached hydrogen (secondary N) is 1. The van der Waals surface area contributed by atoms with Gasteiger partial charge in [0.05, 0.1) is 4.92 Å². The lowest BCUT2D eigenvalue weighted by Gasteiger charge is -2.37. The molecule has 0 aromatic rings. The molecule has 2 rings (SSSR count). The summed E-state index contributed by atoms with van der Waals surface area (Å²) in [6.07, 6.45) is 8.55. The molecule has 0 saturated carbocycles. The molecule has 0 aromatic carbocycles. The molecular formula is C17H25N3O3. The summed E-state index contributed by atoms with van der Waals surface area (Å²) in [4.78, 5) is 25.1. The molecule has 3 unspecified atom stereocenters. The van der Waals surface area contributed by atoms with Crippen molar-refractivity contribution in [3.05, 3.63) is 46.2 Å². The largest absolute Gasteiger partial charge is 0.340 e. The Hall–Kier alpha value is -1.95. The van der Waals surface area contributed by atoms with Crippen LogP contribution in [0, 0.1) is 27.4 Å². The van der Waals surface area contributed by atoms with Gasteiger partial charge in [0.25, 0.3) is 5.70 Å². The summed E-state index contributed by atoms with van der Waals surface area (Å²) < 4.78 is 0. The average molecular weight is 319 g/mol. The molecule has 1 amide bonds. The lowest BCUT2D eigenvalue weighted by molar-refractivity contribution is -0.419. The number of hydrogen-bond donors (Lipinski definition) is 1. The minimum Gasteiger partial charge on any atom is -0.340 e. The summed E-state index contributed by atoms with van der Waals surface area (Å²) in [5.41, 5.74) is -0.324. The summed E-state index contributed by atoms with van der Waals surface area (Å²) in [5, 5.41) is 14.2. The fourth-order valence-corrected chi connectivity index (χ4v) is 3.08. The molecular weight excluding hydrogens is 294 g/mol. The van der Waals surface area contributed by atoms with Crippen LogP contribution in [0.25, 0.3) is 0 Å². The zero-order valence-corrected chi connectivity index (χ0v) is 14.0. The van der Waals surface area contributed by atoms with E-state index in [4.69, 9.17) is 0 Å². The van der Waals surface area contributed by atoms with Crippen molar-refractivity contribution >= 4 is 5.91 Å². The van der Waals surface area contributed by atoms with Gasteiger partial charge in [0.1, 0.15) is 0 Å². The van der Waals surface area contributed by atoms with Crippen molar-refractivity contribution in [3.8, 4) is 0 Å². The molecule has 1 heterocycles. The number of amides is 1. The quantitative estimate of drug-likeness (QED) is 0.635. The lowest BCUT2D eigenvalue weighted by atomic mass is 9.71. The predicted octanol–water partition coefficient (Wildman–Crippen LogP) is 1.98. The Bertz CT molecular complexity index is 561.